The third-order valence-corrected chi connectivity index (χ3v) is 1.70. The van der Waals surface area contributed by atoms with Crippen LogP contribution in [0, 0.1) is 0 Å². The van der Waals surface area contributed by atoms with Crippen LogP contribution in [-0.2, 0) is 9.53 Å². The molecule has 3 nitrogen and oxygen atoms in total. The van der Waals surface area contributed by atoms with Crippen molar-refractivity contribution >= 4 is 12.1 Å². The van der Waals surface area contributed by atoms with E-state index in [0.29, 0.717) is 0 Å². The van der Waals surface area contributed by atoms with E-state index in [9.17, 15) is 4.79 Å². The molecule has 1 fully saturated rings. The summed E-state index contributed by atoms with van der Waals surface area (Å²) in [4.78, 5) is 14.3. The van der Waals surface area contributed by atoms with Crippen molar-refractivity contribution in [1.29, 1.82) is 0 Å². The molecule has 2 heterocycles. The number of hydrogen-bond donors (Lipinski definition) is 0. The van der Waals surface area contributed by atoms with Crippen LogP contribution in [0.3, 0.4) is 0 Å². The SMILES string of the molecule is O=C1C=C2CCOC2C=N1. The number of amides is 1. The zero-order chi connectivity index (χ0) is 6.97. The van der Waals surface area contributed by atoms with Crippen molar-refractivity contribution in [3.05, 3.63) is 11.6 Å². The molecule has 2 rings (SSSR count). The van der Waals surface area contributed by atoms with Crippen molar-refractivity contribution in [3.63, 3.8) is 0 Å². The van der Waals surface area contributed by atoms with Crippen molar-refractivity contribution in [2.75, 3.05) is 6.61 Å². The van der Waals surface area contributed by atoms with Gasteiger partial charge >= 0.3 is 0 Å². The van der Waals surface area contributed by atoms with Crippen LogP contribution in [0.2, 0.25) is 0 Å². The lowest BCUT2D eigenvalue weighted by molar-refractivity contribution is -0.113. The zero-order valence-electron chi connectivity index (χ0n) is 5.41. The fraction of sp³-hybridized carbons (Fsp3) is 0.429. The molecular weight excluding hydrogens is 130 g/mol. The minimum atomic E-state index is -0.156. The molecule has 3 heteroatoms. The summed E-state index contributed by atoms with van der Waals surface area (Å²) in [5, 5.41) is 0. The second-order valence-corrected chi connectivity index (χ2v) is 2.38. The number of rotatable bonds is 0. The number of dihydropyridines is 1. The predicted octanol–water partition coefficient (Wildman–Crippen LogP) is 0.313. The zero-order valence-corrected chi connectivity index (χ0v) is 5.41. The maximum absolute atomic E-state index is 10.7. The lowest BCUT2D eigenvalue weighted by atomic mass is 10.1. The maximum Gasteiger partial charge on any atom is 0.269 e. The molecule has 0 aromatic rings. The van der Waals surface area contributed by atoms with E-state index in [1.807, 2.05) is 0 Å². The number of aliphatic imine (C=N–C) groups is 1. The van der Waals surface area contributed by atoms with Crippen LogP contribution < -0.4 is 0 Å². The monoisotopic (exact) mass is 137 g/mol. The molecule has 1 saturated heterocycles. The fourth-order valence-corrected chi connectivity index (χ4v) is 1.18. The number of nitrogens with zero attached hydrogens (tertiary/aromatic N) is 1. The highest BCUT2D eigenvalue weighted by atomic mass is 16.5. The summed E-state index contributed by atoms with van der Waals surface area (Å²) in [6.45, 7) is 0.718. The second-order valence-electron chi connectivity index (χ2n) is 2.38. The molecular formula is C7H7NO2. The minimum Gasteiger partial charge on any atom is -0.368 e. The van der Waals surface area contributed by atoms with E-state index in [0.717, 1.165) is 18.6 Å². The van der Waals surface area contributed by atoms with E-state index in [-0.39, 0.29) is 12.0 Å². The molecule has 0 N–H and O–H groups in total. The van der Waals surface area contributed by atoms with Crippen LogP contribution >= 0.6 is 0 Å². The van der Waals surface area contributed by atoms with Gasteiger partial charge in [-0.05, 0) is 12.0 Å². The van der Waals surface area contributed by atoms with Gasteiger partial charge in [0.05, 0.1) is 6.61 Å². The van der Waals surface area contributed by atoms with Crippen LogP contribution in [-0.4, -0.2) is 24.8 Å². The van der Waals surface area contributed by atoms with Crippen molar-refractivity contribution in [2.24, 2.45) is 4.99 Å². The molecule has 10 heavy (non-hydrogen) atoms. The lowest BCUT2D eigenvalue weighted by Gasteiger charge is -2.06. The van der Waals surface area contributed by atoms with Gasteiger partial charge in [0.25, 0.3) is 5.91 Å². The average Bonchev–Trinajstić information content (AvgIpc) is 2.33. The van der Waals surface area contributed by atoms with Gasteiger partial charge in [-0.1, -0.05) is 0 Å². The minimum absolute atomic E-state index is 0.00213. The standard InChI is InChI=1S/C7H7NO2/c9-7-3-5-1-2-10-6(5)4-8-7/h3-4,6H,1-2H2. The van der Waals surface area contributed by atoms with Crippen molar-refractivity contribution in [1.82, 2.24) is 0 Å². The van der Waals surface area contributed by atoms with Crippen LogP contribution in [0.1, 0.15) is 6.42 Å². The first-order valence-electron chi connectivity index (χ1n) is 3.26. The van der Waals surface area contributed by atoms with Crippen molar-refractivity contribution in [3.8, 4) is 0 Å². The fourth-order valence-electron chi connectivity index (χ4n) is 1.18. The largest absolute Gasteiger partial charge is 0.368 e. The highest BCUT2D eigenvalue weighted by Crippen LogP contribution is 2.20. The molecule has 2 aliphatic rings. The van der Waals surface area contributed by atoms with Crippen LogP contribution in [0.15, 0.2) is 16.6 Å². The van der Waals surface area contributed by atoms with E-state index < -0.39 is 0 Å². The van der Waals surface area contributed by atoms with Crippen molar-refractivity contribution < 1.29 is 9.53 Å². The molecule has 1 atom stereocenters. The Morgan fingerprint density at radius 1 is 1.70 bits per heavy atom. The molecule has 0 bridgehead atoms. The Bertz CT molecular complexity index is 230. The highest BCUT2D eigenvalue weighted by molar-refractivity contribution is 5.99. The van der Waals surface area contributed by atoms with E-state index in [2.05, 4.69) is 4.99 Å². The van der Waals surface area contributed by atoms with Crippen LogP contribution in [0.25, 0.3) is 0 Å². The number of carbonyl (C=O) groups is 1. The Morgan fingerprint density at radius 2 is 2.60 bits per heavy atom. The van der Waals surface area contributed by atoms with Gasteiger partial charge in [-0.15, -0.1) is 0 Å². The van der Waals surface area contributed by atoms with E-state index in [4.69, 9.17) is 4.74 Å². The number of ether oxygens (including phenoxy) is 1. The van der Waals surface area contributed by atoms with Crippen LogP contribution in [0.5, 0.6) is 0 Å². The Hall–Kier alpha value is -0.960. The van der Waals surface area contributed by atoms with Gasteiger partial charge in [-0.2, -0.15) is 0 Å². The van der Waals surface area contributed by atoms with Gasteiger partial charge < -0.3 is 4.74 Å². The average molecular weight is 137 g/mol. The third kappa shape index (κ3) is 0.789. The second kappa shape index (κ2) is 2.02. The van der Waals surface area contributed by atoms with Gasteiger partial charge in [0.15, 0.2) is 0 Å². The molecule has 0 spiro atoms. The Labute approximate surface area is 58.4 Å². The molecule has 0 saturated carbocycles. The van der Waals surface area contributed by atoms with Gasteiger partial charge in [0.2, 0.25) is 0 Å². The summed E-state index contributed by atoms with van der Waals surface area (Å²) in [5.74, 6) is -0.156. The molecule has 0 aromatic heterocycles. The molecule has 1 unspecified atom stereocenters. The first-order chi connectivity index (χ1) is 4.86. The molecule has 0 radical (unpaired) electrons. The van der Waals surface area contributed by atoms with Gasteiger partial charge in [-0.3, -0.25) is 4.79 Å². The summed E-state index contributed by atoms with van der Waals surface area (Å²) in [7, 11) is 0. The third-order valence-electron chi connectivity index (χ3n) is 1.70. The molecule has 1 amide bonds. The summed E-state index contributed by atoms with van der Waals surface area (Å²) >= 11 is 0. The van der Waals surface area contributed by atoms with Crippen LogP contribution in [0.4, 0.5) is 0 Å². The van der Waals surface area contributed by atoms with Gasteiger partial charge in [0, 0.05) is 12.3 Å². The normalized spacial score (nSPS) is 30.2. The molecule has 52 valence electrons. The summed E-state index contributed by atoms with van der Waals surface area (Å²) in [6.07, 6.45) is 4.02. The summed E-state index contributed by atoms with van der Waals surface area (Å²) in [6, 6.07) is 0. The van der Waals surface area contributed by atoms with Gasteiger partial charge in [0.1, 0.15) is 6.10 Å². The van der Waals surface area contributed by atoms with Gasteiger partial charge in [-0.25, -0.2) is 4.99 Å². The summed E-state index contributed by atoms with van der Waals surface area (Å²) < 4.78 is 5.24. The van der Waals surface area contributed by atoms with E-state index in [1.54, 1.807) is 12.3 Å². The summed E-state index contributed by atoms with van der Waals surface area (Å²) in [5.41, 5.74) is 1.07. The number of carbonyl (C=O) groups excluding carboxylic acids is 1. The Morgan fingerprint density at radius 3 is 3.50 bits per heavy atom. The first kappa shape index (κ1) is 5.80. The number of hydrogen-bond acceptors (Lipinski definition) is 2. The molecule has 0 aliphatic carbocycles. The van der Waals surface area contributed by atoms with E-state index >= 15 is 0 Å². The Balaban J connectivity index is 2.30. The Kier molecular flexibility index (Phi) is 1.17. The first-order valence-corrected chi connectivity index (χ1v) is 3.26. The molecule has 0 aromatic carbocycles. The number of fused-ring (bicyclic) bond motifs is 1. The van der Waals surface area contributed by atoms with E-state index in [1.165, 1.54) is 0 Å². The predicted molar refractivity (Wildman–Crippen MR) is 35.9 cm³/mol. The van der Waals surface area contributed by atoms with Crippen molar-refractivity contribution in [2.45, 2.75) is 12.5 Å². The molecule has 2 aliphatic heterocycles. The quantitative estimate of drug-likeness (QED) is 0.482. The highest BCUT2D eigenvalue weighted by Gasteiger charge is 2.23. The topological polar surface area (TPSA) is 38.7 Å². The lowest BCUT2D eigenvalue weighted by Crippen LogP contribution is -2.14. The maximum atomic E-state index is 10.7. The smallest absolute Gasteiger partial charge is 0.269 e.